The molecule has 4 rings (SSSR count). The first-order valence-corrected chi connectivity index (χ1v) is 7.75. The summed E-state index contributed by atoms with van der Waals surface area (Å²) in [7, 11) is 0. The number of likely N-dealkylation sites (tertiary alicyclic amines) is 1. The number of fused-ring (bicyclic) bond motifs is 1. The molecule has 9 heteroatoms. The first-order valence-electron chi connectivity index (χ1n) is 7.75. The molecule has 26 heavy (non-hydrogen) atoms. The Balaban J connectivity index is 1.64. The van der Waals surface area contributed by atoms with Gasteiger partial charge in [0.05, 0.1) is 24.8 Å². The SMILES string of the molecule is O=C(Cn1ncc2ncc(-c3ccc(F)cc3F)cc21)N1CC(F)(F)C1. The van der Waals surface area contributed by atoms with Crippen LogP contribution in [0.25, 0.3) is 22.2 Å². The monoisotopic (exact) mass is 364 g/mol. The summed E-state index contributed by atoms with van der Waals surface area (Å²) in [6.07, 6.45) is 2.85. The van der Waals surface area contributed by atoms with Crippen LogP contribution in [0.4, 0.5) is 17.6 Å². The number of hydrogen-bond donors (Lipinski definition) is 0. The third-order valence-electron chi connectivity index (χ3n) is 4.22. The molecule has 1 aliphatic rings. The van der Waals surface area contributed by atoms with Gasteiger partial charge >= 0.3 is 0 Å². The number of carbonyl (C=O) groups is 1. The number of alkyl halides is 2. The van der Waals surface area contributed by atoms with Gasteiger partial charge in [0, 0.05) is 23.4 Å². The van der Waals surface area contributed by atoms with E-state index in [0.29, 0.717) is 16.6 Å². The molecular weight excluding hydrogens is 352 g/mol. The summed E-state index contributed by atoms with van der Waals surface area (Å²) in [6.45, 7) is -1.43. The average Bonchev–Trinajstić information content (AvgIpc) is 2.94. The van der Waals surface area contributed by atoms with Gasteiger partial charge in [0.2, 0.25) is 5.91 Å². The predicted molar refractivity (Wildman–Crippen MR) is 84.4 cm³/mol. The van der Waals surface area contributed by atoms with E-state index in [2.05, 4.69) is 10.1 Å². The van der Waals surface area contributed by atoms with Gasteiger partial charge in [-0.25, -0.2) is 17.6 Å². The summed E-state index contributed by atoms with van der Waals surface area (Å²) < 4.78 is 54.2. The van der Waals surface area contributed by atoms with Crippen LogP contribution in [-0.2, 0) is 11.3 Å². The Labute approximate surface area is 144 Å². The zero-order valence-corrected chi connectivity index (χ0v) is 13.3. The fourth-order valence-electron chi connectivity index (χ4n) is 2.87. The summed E-state index contributed by atoms with van der Waals surface area (Å²) in [6, 6.07) is 4.77. The van der Waals surface area contributed by atoms with E-state index in [1.54, 1.807) is 6.07 Å². The first-order chi connectivity index (χ1) is 12.3. The Morgan fingerprint density at radius 2 is 1.92 bits per heavy atom. The van der Waals surface area contributed by atoms with Crippen molar-refractivity contribution in [3.05, 3.63) is 48.3 Å². The van der Waals surface area contributed by atoms with Crippen molar-refractivity contribution in [2.24, 2.45) is 0 Å². The smallest absolute Gasteiger partial charge is 0.282 e. The van der Waals surface area contributed by atoms with Gasteiger partial charge < -0.3 is 4.90 Å². The molecule has 0 bridgehead atoms. The third-order valence-corrected chi connectivity index (χ3v) is 4.22. The van der Waals surface area contributed by atoms with E-state index in [9.17, 15) is 22.4 Å². The van der Waals surface area contributed by atoms with Crippen molar-refractivity contribution >= 4 is 16.9 Å². The lowest BCUT2D eigenvalue weighted by atomic mass is 10.1. The highest BCUT2D eigenvalue weighted by Crippen LogP contribution is 2.28. The molecule has 0 unspecified atom stereocenters. The molecule has 1 fully saturated rings. The van der Waals surface area contributed by atoms with Crippen molar-refractivity contribution in [1.29, 1.82) is 0 Å². The lowest BCUT2D eigenvalue weighted by Gasteiger charge is -2.38. The van der Waals surface area contributed by atoms with E-state index < -0.39 is 36.6 Å². The molecule has 1 saturated heterocycles. The van der Waals surface area contributed by atoms with Crippen LogP contribution in [0.5, 0.6) is 0 Å². The Morgan fingerprint density at radius 3 is 2.62 bits per heavy atom. The van der Waals surface area contributed by atoms with Gasteiger partial charge in [-0.05, 0) is 18.2 Å². The lowest BCUT2D eigenvalue weighted by Crippen LogP contribution is -2.59. The molecule has 1 aromatic carbocycles. The predicted octanol–water partition coefficient (Wildman–Crippen LogP) is 2.85. The fraction of sp³-hybridized carbons (Fsp3) is 0.235. The van der Waals surface area contributed by atoms with Crippen molar-refractivity contribution in [2.45, 2.75) is 12.5 Å². The van der Waals surface area contributed by atoms with Gasteiger partial charge in [-0.15, -0.1) is 0 Å². The highest BCUT2D eigenvalue weighted by atomic mass is 19.3. The normalized spacial score (nSPS) is 15.9. The maximum absolute atomic E-state index is 14.0. The zero-order chi connectivity index (χ0) is 18.5. The molecule has 5 nitrogen and oxygen atoms in total. The van der Waals surface area contributed by atoms with Gasteiger partial charge in [0.1, 0.15) is 23.7 Å². The number of carbonyl (C=O) groups excluding carboxylic acids is 1. The molecule has 3 heterocycles. The highest BCUT2D eigenvalue weighted by Gasteiger charge is 2.46. The molecule has 0 N–H and O–H groups in total. The Bertz CT molecular complexity index is 1010. The van der Waals surface area contributed by atoms with Crippen LogP contribution in [0.15, 0.2) is 36.7 Å². The summed E-state index contributed by atoms with van der Waals surface area (Å²) in [5, 5.41) is 4.05. The Kier molecular flexibility index (Phi) is 3.67. The molecule has 1 amide bonds. The fourth-order valence-corrected chi connectivity index (χ4v) is 2.87. The maximum Gasteiger partial charge on any atom is 0.282 e. The van der Waals surface area contributed by atoms with Crippen molar-refractivity contribution in [2.75, 3.05) is 13.1 Å². The Morgan fingerprint density at radius 1 is 1.15 bits per heavy atom. The van der Waals surface area contributed by atoms with Crippen LogP contribution >= 0.6 is 0 Å². The number of pyridine rings is 1. The highest BCUT2D eigenvalue weighted by molar-refractivity contribution is 5.83. The van der Waals surface area contributed by atoms with Crippen molar-refractivity contribution in [3.8, 4) is 11.1 Å². The van der Waals surface area contributed by atoms with Crippen LogP contribution in [0, 0.1) is 11.6 Å². The quantitative estimate of drug-likeness (QED) is 0.672. The van der Waals surface area contributed by atoms with E-state index in [1.165, 1.54) is 23.1 Å². The molecule has 0 aliphatic carbocycles. The van der Waals surface area contributed by atoms with E-state index in [1.807, 2.05) is 0 Å². The number of aromatic nitrogens is 3. The molecule has 0 radical (unpaired) electrons. The minimum absolute atomic E-state index is 0.155. The number of rotatable bonds is 3. The summed E-state index contributed by atoms with van der Waals surface area (Å²) in [4.78, 5) is 17.3. The Hall–Kier alpha value is -2.97. The minimum atomic E-state index is -2.84. The van der Waals surface area contributed by atoms with E-state index in [-0.39, 0.29) is 12.1 Å². The van der Waals surface area contributed by atoms with Crippen LogP contribution in [0.2, 0.25) is 0 Å². The van der Waals surface area contributed by atoms with Crippen molar-refractivity contribution in [1.82, 2.24) is 19.7 Å². The maximum atomic E-state index is 14.0. The number of benzene rings is 1. The summed E-state index contributed by atoms with van der Waals surface area (Å²) >= 11 is 0. The number of halogens is 4. The van der Waals surface area contributed by atoms with Crippen LogP contribution in [0.3, 0.4) is 0 Å². The van der Waals surface area contributed by atoms with Crippen LogP contribution in [-0.4, -0.2) is 44.6 Å². The summed E-state index contributed by atoms with van der Waals surface area (Å²) in [5.74, 6) is -4.76. The van der Waals surface area contributed by atoms with E-state index in [4.69, 9.17) is 0 Å². The van der Waals surface area contributed by atoms with Gasteiger partial charge in [0.15, 0.2) is 0 Å². The van der Waals surface area contributed by atoms with E-state index >= 15 is 0 Å². The molecule has 134 valence electrons. The van der Waals surface area contributed by atoms with Gasteiger partial charge in [-0.2, -0.15) is 5.10 Å². The molecule has 0 saturated carbocycles. The topological polar surface area (TPSA) is 51.0 Å². The number of nitrogens with zero attached hydrogens (tertiary/aromatic N) is 4. The molecule has 1 aliphatic heterocycles. The molecule has 3 aromatic rings. The molecule has 2 aromatic heterocycles. The molecule has 0 spiro atoms. The van der Waals surface area contributed by atoms with Crippen molar-refractivity contribution in [3.63, 3.8) is 0 Å². The van der Waals surface area contributed by atoms with Crippen molar-refractivity contribution < 1.29 is 22.4 Å². The van der Waals surface area contributed by atoms with Crippen LogP contribution in [0.1, 0.15) is 0 Å². The lowest BCUT2D eigenvalue weighted by molar-refractivity contribution is -0.166. The number of amides is 1. The summed E-state index contributed by atoms with van der Waals surface area (Å²) in [5.41, 5.74) is 1.46. The first kappa shape index (κ1) is 16.5. The van der Waals surface area contributed by atoms with E-state index in [0.717, 1.165) is 17.0 Å². The second-order valence-electron chi connectivity index (χ2n) is 6.16. The van der Waals surface area contributed by atoms with Gasteiger partial charge in [-0.1, -0.05) is 0 Å². The number of hydrogen-bond acceptors (Lipinski definition) is 3. The van der Waals surface area contributed by atoms with Crippen LogP contribution < -0.4 is 0 Å². The van der Waals surface area contributed by atoms with Gasteiger partial charge in [0.25, 0.3) is 5.92 Å². The standard InChI is InChI=1S/C17H12F4N4O/c18-11-1-2-12(13(19)4-11)10-3-15-14(22-5-10)6-23-25(15)7-16(26)24-8-17(20,21)9-24/h1-6H,7-9H2. The minimum Gasteiger partial charge on any atom is -0.329 e. The third kappa shape index (κ3) is 2.89. The molecular formula is C17H12F4N4O. The average molecular weight is 364 g/mol. The van der Waals surface area contributed by atoms with Gasteiger partial charge in [-0.3, -0.25) is 14.5 Å². The zero-order valence-electron chi connectivity index (χ0n) is 13.3. The second-order valence-corrected chi connectivity index (χ2v) is 6.16. The second kappa shape index (κ2) is 5.79. The largest absolute Gasteiger partial charge is 0.329 e. The molecule has 0 atom stereocenters.